The second kappa shape index (κ2) is 6.07. The van der Waals surface area contributed by atoms with Crippen LogP contribution in [0.25, 0.3) is 6.08 Å². The summed E-state index contributed by atoms with van der Waals surface area (Å²) in [6.45, 7) is 0. The van der Waals surface area contributed by atoms with Crippen LogP contribution in [0, 0.1) is 0 Å². The van der Waals surface area contributed by atoms with E-state index in [0.29, 0.717) is 12.1 Å². The van der Waals surface area contributed by atoms with Gasteiger partial charge < -0.3 is 19.9 Å². The van der Waals surface area contributed by atoms with Gasteiger partial charge in [-0.1, -0.05) is 0 Å². The van der Waals surface area contributed by atoms with Crippen LogP contribution in [-0.2, 0) is 15.9 Å². The summed E-state index contributed by atoms with van der Waals surface area (Å²) in [5.74, 6) is 2.23. The zero-order valence-corrected chi connectivity index (χ0v) is 12.6. The van der Waals surface area contributed by atoms with Gasteiger partial charge >= 0.3 is 0 Å². The van der Waals surface area contributed by atoms with E-state index in [1.807, 2.05) is 24.3 Å². The predicted molar refractivity (Wildman–Crippen MR) is 84.7 cm³/mol. The Bertz CT molecular complexity index is 696. The molecule has 1 aromatic heterocycles. The van der Waals surface area contributed by atoms with E-state index in [1.54, 1.807) is 32.5 Å². The van der Waals surface area contributed by atoms with Crippen LogP contribution in [0.1, 0.15) is 11.3 Å². The van der Waals surface area contributed by atoms with Crippen LogP contribution in [0.15, 0.2) is 42.3 Å². The Hall–Kier alpha value is -2.53. The lowest BCUT2D eigenvalue weighted by atomic mass is 9.98. The smallest absolute Gasteiger partial charge is 0.138 e. The van der Waals surface area contributed by atoms with E-state index in [-0.39, 0.29) is 6.10 Å². The fourth-order valence-corrected chi connectivity index (χ4v) is 2.47. The molecule has 5 heteroatoms. The molecule has 1 atom stereocenters. The maximum Gasteiger partial charge on any atom is 0.138 e. The first-order valence-electron chi connectivity index (χ1n) is 7.01. The molecule has 1 aromatic carbocycles. The summed E-state index contributed by atoms with van der Waals surface area (Å²) in [6.07, 6.45) is 4.21. The van der Waals surface area contributed by atoms with Gasteiger partial charge in [0, 0.05) is 31.0 Å². The van der Waals surface area contributed by atoms with Gasteiger partial charge in [0.1, 0.15) is 23.4 Å². The Morgan fingerprint density at radius 1 is 1.14 bits per heavy atom. The minimum Gasteiger partial charge on any atom is -0.498 e. The molecule has 0 radical (unpaired) electrons. The molecule has 22 heavy (non-hydrogen) atoms. The zero-order chi connectivity index (χ0) is 15.5. The minimum atomic E-state index is -0.114. The zero-order valence-electron chi connectivity index (χ0n) is 12.6. The van der Waals surface area contributed by atoms with Crippen molar-refractivity contribution in [2.75, 3.05) is 20.0 Å². The number of nitrogen functional groups attached to an aromatic ring is 1. The van der Waals surface area contributed by atoms with Gasteiger partial charge in [-0.3, -0.25) is 4.98 Å². The van der Waals surface area contributed by atoms with Crippen molar-refractivity contribution < 1.29 is 14.2 Å². The Morgan fingerprint density at radius 2 is 1.91 bits per heavy atom. The van der Waals surface area contributed by atoms with Gasteiger partial charge in [-0.25, -0.2) is 0 Å². The number of benzene rings is 1. The molecule has 0 saturated heterocycles. The number of ether oxygens (including phenoxy) is 3. The van der Waals surface area contributed by atoms with E-state index >= 15 is 0 Å². The molecule has 114 valence electrons. The molecule has 5 nitrogen and oxygen atoms in total. The molecule has 0 bridgehead atoms. The normalized spacial score (nSPS) is 16.6. The van der Waals surface area contributed by atoms with Crippen molar-refractivity contribution in [3.63, 3.8) is 0 Å². The molecule has 0 aliphatic heterocycles. The van der Waals surface area contributed by atoms with E-state index in [9.17, 15) is 0 Å². The number of fused-ring (bicyclic) bond motifs is 1. The average molecular weight is 298 g/mol. The van der Waals surface area contributed by atoms with Crippen LogP contribution in [0.5, 0.6) is 11.5 Å². The lowest BCUT2D eigenvalue weighted by molar-refractivity contribution is 0.0786. The molecular weight excluding hydrogens is 280 g/mol. The molecule has 1 unspecified atom stereocenters. The van der Waals surface area contributed by atoms with E-state index in [4.69, 9.17) is 19.9 Å². The summed E-state index contributed by atoms with van der Waals surface area (Å²) < 4.78 is 16.8. The summed E-state index contributed by atoms with van der Waals surface area (Å²) in [5, 5.41) is 0. The van der Waals surface area contributed by atoms with Crippen molar-refractivity contribution >= 4 is 11.8 Å². The van der Waals surface area contributed by atoms with Crippen molar-refractivity contribution in [2.24, 2.45) is 0 Å². The van der Waals surface area contributed by atoms with Crippen LogP contribution in [0.3, 0.4) is 0 Å². The van der Waals surface area contributed by atoms with Gasteiger partial charge in [0.25, 0.3) is 0 Å². The minimum absolute atomic E-state index is 0.114. The van der Waals surface area contributed by atoms with Gasteiger partial charge in [0.2, 0.25) is 0 Å². The van der Waals surface area contributed by atoms with Gasteiger partial charge in [-0.2, -0.15) is 0 Å². The van der Waals surface area contributed by atoms with Crippen LogP contribution in [-0.4, -0.2) is 25.3 Å². The third-order valence-corrected chi connectivity index (χ3v) is 3.64. The molecule has 0 saturated carbocycles. The van der Waals surface area contributed by atoms with Crippen LogP contribution in [0.4, 0.5) is 5.69 Å². The number of rotatable bonds is 4. The number of hydrogen-bond donors (Lipinski definition) is 1. The molecule has 2 N–H and O–H groups in total. The van der Waals surface area contributed by atoms with Crippen LogP contribution >= 0.6 is 0 Å². The number of nitrogens with two attached hydrogens (primary N) is 1. The van der Waals surface area contributed by atoms with Gasteiger partial charge in [-0.15, -0.1) is 0 Å². The van der Waals surface area contributed by atoms with Gasteiger partial charge in [0.15, 0.2) is 0 Å². The third kappa shape index (κ3) is 2.76. The summed E-state index contributed by atoms with van der Waals surface area (Å²) in [5.41, 5.74) is 8.25. The SMILES string of the molecule is COC1=Cc2c(Oc3ccc(N)cc3)ccnc2CC1OC. The fourth-order valence-electron chi connectivity index (χ4n) is 2.47. The molecule has 1 aliphatic carbocycles. The third-order valence-electron chi connectivity index (χ3n) is 3.64. The quantitative estimate of drug-likeness (QED) is 0.879. The maximum absolute atomic E-state index is 5.96. The number of aromatic nitrogens is 1. The largest absolute Gasteiger partial charge is 0.498 e. The highest BCUT2D eigenvalue weighted by Crippen LogP contribution is 2.34. The van der Waals surface area contributed by atoms with E-state index < -0.39 is 0 Å². The molecular formula is C17H18N2O3. The Labute approximate surface area is 129 Å². The first kappa shape index (κ1) is 14.4. The van der Waals surface area contributed by atoms with Crippen molar-refractivity contribution in [3.8, 4) is 11.5 Å². The number of hydrogen-bond acceptors (Lipinski definition) is 5. The number of pyridine rings is 1. The van der Waals surface area contributed by atoms with Crippen LogP contribution in [0.2, 0.25) is 0 Å². The molecule has 2 aromatic rings. The second-order valence-electron chi connectivity index (χ2n) is 5.02. The van der Waals surface area contributed by atoms with Crippen molar-refractivity contribution in [3.05, 3.63) is 53.5 Å². The molecule has 1 aliphatic rings. The topological polar surface area (TPSA) is 66.6 Å². The van der Waals surface area contributed by atoms with Crippen molar-refractivity contribution in [1.82, 2.24) is 4.98 Å². The highest BCUT2D eigenvalue weighted by Gasteiger charge is 2.25. The van der Waals surface area contributed by atoms with Crippen LogP contribution < -0.4 is 10.5 Å². The van der Waals surface area contributed by atoms with Gasteiger partial charge in [0.05, 0.1) is 12.8 Å². The van der Waals surface area contributed by atoms with E-state index in [2.05, 4.69) is 4.98 Å². The number of anilines is 1. The number of nitrogens with zero attached hydrogens (tertiary/aromatic N) is 1. The Balaban J connectivity index is 1.96. The molecule has 0 amide bonds. The number of methoxy groups -OCH3 is 2. The molecule has 1 heterocycles. The van der Waals surface area contributed by atoms with E-state index in [0.717, 1.165) is 28.5 Å². The summed E-state index contributed by atoms with van der Waals surface area (Å²) in [6, 6.07) is 9.13. The molecule has 3 rings (SSSR count). The lowest BCUT2D eigenvalue weighted by Gasteiger charge is -2.24. The average Bonchev–Trinajstić information content (AvgIpc) is 2.56. The molecule has 0 fully saturated rings. The predicted octanol–water partition coefficient (Wildman–Crippen LogP) is 3.01. The van der Waals surface area contributed by atoms with Gasteiger partial charge in [-0.05, 0) is 36.4 Å². The Morgan fingerprint density at radius 3 is 2.59 bits per heavy atom. The van der Waals surface area contributed by atoms with E-state index in [1.165, 1.54) is 0 Å². The first-order valence-corrected chi connectivity index (χ1v) is 7.01. The first-order chi connectivity index (χ1) is 10.7. The fraction of sp³-hybridized carbons (Fsp3) is 0.235. The van der Waals surface area contributed by atoms with Crippen molar-refractivity contribution in [2.45, 2.75) is 12.5 Å². The second-order valence-corrected chi connectivity index (χ2v) is 5.02. The Kier molecular flexibility index (Phi) is 3.98. The maximum atomic E-state index is 5.96. The molecule has 0 spiro atoms. The van der Waals surface area contributed by atoms with Crippen molar-refractivity contribution in [1.29, 1.82) is 0 Å². The highest BCUT2D eigenvalue weighted by atomic mass is 16.5. The highest BCUT2D eigenvalue weighted by molar-refractivity contribution is 5.64. The summed E-state index contributed by atoms with van der Waals surface area (Å²) in [4.78, 5) is 4.42. The monoisotopic (exact) mass is 298 g/mol. The standard InChI is InChI=1S/C17H18N2O3/c1-20-16-9-13-14(10-17(16)21-2)19-8-7-15(13)22-12-5-3-11(18)4-6-12/h3-9,17H,10,18H2,1-2H3. The summed E-state index contributed by atoms with van der Waals surface area (Å²) >= 11 is 0. The lowest BCUT2D eigenvalue weighted by Crippen LogP contribution is -2.23. The summed E-state index contributed by atoms with van der Waals surface area (Å²) in [7, 11) is 3.30.